The van der Waals surface area contributed by atoms with Gasteiger partial charge in [-0.3, -0.25) is 0 Å². The van der Waals surface area contributed by atoms with Crippen LogP contribution in [0, 0.1) is 0 Å². The van der Waals surface area contributed by atoms with Crippen LogP contribution in [0.25, 0.3) is 0 Å². The van der Waals surface area contributed by atoms with Crippen molar-refractivity contribution in [3.63, 3.8) is 0 Å². The van der Waals surface area contributed by atoms with Crippen LogP contribution in [-0.2, 0) is 19.3 Å². The van der Waals surface area contributed by atoms with Gasteiger partial charge in [-0.1, -0.05) is 0 Å². The lowest BCUT2D eigenvalue weighted by Crippen LogP contribution is -2.02. The summed E-state index contributed by atoms with van der Waals surface area (Å²) in [6.45, 7) is 0.528. The molecule has 0 saturated heterocycles. The summed E-state index contributed by atoms with van der Waals surface area (Å²) < 4.78 is 10.6. The predicted octanol–water partition coefficient (Wildman–Crippen LogP) is 0.949. The number of aryl methyl sites for hydroxylation is 2. The Morgan fingerprint density at radius 1 is 1.13 bits per heavy atom. The Bertz CT molecular complexity index is 394. The molecule has 2 heterocycles. The third-order valence-corrected chi connectivity index (χ3v) is 2.03. The van der Waals surface area contributed by atoms with Crippen LogP contribution in [0.4, 0.5) is 0 Å². The highest BCUT2D eigenvalue weighted by Gasteiger charge is 2.06. The minimum atomic E-state index is 0.528. The summed E-state index contributed by atoms with van der Waals surface area (Å²) in [5.41, 5.74) is 5.38. The van der Waals surface area contributed by atoms with E-state index in [1.165, 1.54) is 0 Å². The Labute approximate surface area is 87.3 Å². The Balaban J connectivity index is 1.88. The second-order valence-electron chi connectivity index (χ2n) is 3.21. The van der Waals surface area contributed by atoms with Gasteiger partial charge in [0.1, 0.15) is 5.76 Å². The van der Waals surface area contributed by atoms with Crippen molar-refractivity contribution in [1.29, 1.82) is 0 Å². The van der Waals surface area contributed by atoms with Gasteiger partial charge in [-0.2, -0.15) is 0 Å². The van der Waals surface area contributed by atoms with Gasteiger partial charge in [0.2, 0.25) is 11.8 Å². The first kappa shape index (κ1) is 9.92. The Kier molecular flexibility index (Phi) is 3.14. The van der Waals surface area contributed by atoms with E-state index in [2.05, 4.69) is 10.2 Å². The molecule has 0 bridgehead atoms. The molecular formula is C10H13N3O2. The normalized spacial score (nSPS) is 10.7. The Morgan fingerprint density at radius 3 is 2.60 bits per heavy atom. The summed E-state index contributed by atoms with van der Waals surface area (Å²) in [6.07, 6.45) is 3.76. The van der Waals surface area contributed by atoms with Crippen LogP contribution in [0.3, 0.4) is 0 Å². The van der Waals surface area contributed by atoms with Gasteiger partial charge in [0.15, 0.2) is 0 Å². The lowest BCUT2D eigenvalue weighted by Gasteiger charge is -1.91. The molecule has 15 heavy (non-hydrogen) atoms. The highest BCUT2D eigenvalue weighted by Crippen LogP contribution is 2.07. The van der Waals surface area contributed by atoms with Gasteiger partial charge in [-0.25, -0.2) is 0 Å². The zero-order valence-corrected chi connectivity index (χ0v) is 8.35. The van der Waals surface area contributed by atoms with Gasteiger partial charge >= 0.3 is 0 Å². The molecule has 5 heteroatoms. The number of hydrogen-bond donors (Lipinski definition) is 1. The molecule has 80 valence electrons. The highest BCUT2D eigenvalue weighted by atomic mass is 16.4. The molecule has 0 atom stereocenters. The average molecular weight is 207 g/mol. The summed E-state index contributed by atoms with van der Waals surface area (Å²) >= 11 is 0. The fourth-order valence-corrected chi connectivity index (χ4v) is 1.30. The van der Waals surface area contributed by atoms with E-state index in [0.29, 0.717) is 31.2 Å². The maximum absolute atomic E-state index is 5.38. The molecule has 0 unspecified atom stereocenters. The van der Waals surface area contributed by atoms with Gasteiger partial charge in [0.05, 0.1) is 6.26 Å². The van der Waals surface area contributed by atoms with Gasteiger partial charge in [-0.15, -0.1) is 10.2 Å². The van der Waals surface area contributed by atoms with Crippen LogP contribution in [0.5, 0.6) is 0 Å². The van der Waals surface area contributed by atoms with Crippen molar-refractivity contribution in [2.24, 2.45) is 5.73 Å². The van der Waals surface area contributed by atoms with Crippen LogP contribution in [0.15, 0.2) is 27.2 Å². The maximum atomic E-state index is 5.38. The van der Waals surface area contributed by atoms with Crippen molar-refractivity contribution >= 4 is 0 Å². The Hall–Kier alpha value is -1.62. The predicted molar refractivity (Wildman–Crippen MR) is 53.2 cm³/mol. The van der Waals surface area contributed by atoms with E-state index in [0.717, 1.165) is 12.2 Å². The molecule has 2 rings (SSSR count). The third-order valence-electron chi connectivity index (χ3n) is 2.03. The van der Waals surface area contributed by atoms with Crippen molar-refractivity contribution in [1.82, 2.24) is 10.2 Å². The molecule has 0 aromatic carbocycles. The Morgan fingerprint density at radius 2 is 1.93 bits per heavy atom. The lowest BCUT2D eigenvalue weighted by atomic mass is 10.2. The largest absolute Gasteiger partial charge is 0.469 e. The number of hydrogen-bond acceptors (Lipinski definition) is 5. The van der Waals surface area contributed by atoms with Crippen LogP contribution >= 0.6 is 0 Å². The van der Waals surface area contributed by atoms with Crippen molar-refractivity contribution in [2.75, 3.05) is 6.54 Å². The summed E-state index contributed by atoms with van der Waals surface area (Å²) in [5.74, 6) is 2.16. The average Bonchev–Trinajstić information content (AvgIpc) is 2.85. The standard InChI is InChI=1S/C10H13N3O2/c11-6-5-10-13-12-9(15-10)4-3-8-2-1-7-14-8/h1-2,7H,3-6,11H2. The fraction of sp³-hybridized carbons (Fsp3) is 0.400. The smallest absolute Gasteiger partial charge is 0.217 e. The zero-order chi connectivity index (χ0) is 10.5. The molecule has 2 N–H and O–H groups in total. The number of nitrogens with zero attached hydrogens (tertiary/aromatic N) is 2. The van der Waals surface area contributed by atoms with Crippen molar-refractivity contribution in [3.8, 4) is 0 Å². The lowest BCUT2D eigenvalue weighted by molar-refractivity contribution is 0.437. The number of aromatic nitrogens is 2. The second kappa shape index (κ2) is 4.75. The molecule has 0 radical (unpaired) electrons. The second-order valence-corrected chi connectivity index (χ2v) is 3.21. The van der Waals surface area contributed by atoms with E-state index >= 15 is 0 Å². The van der Waals surface area contributed by atoms with Crippen molar-refractivity contribution in [2.45, 2.75) is 19.3 Å². The molecule has 0 saturated carbocycles. The summed E-state index contributed by atoms with van der Waals surface area (Å²) in [4.78, 5) is 0. The van der Waals surface area contributed by atoms with E-state index in [4.69, 9.17) is 14.6 Å². The topological polar surface area (TPSA) is 78.1 Å². The van der Waals surface area contributed by atoms with Gasteiger partial charge in [0, 0.05) is 25.8 Å². The van der Waals surface area contributed by atoms with Gasteiger partial charge < -0.3 is 14.6 Å². The first-order chi connectivity index (χ1) is 7.38. The molecule has 0 amide bonds. The van der Waals surface area contributed by atoms with E-state index in [1.54, 1.807) is 6.26 Å². The molecule has 0 aliphatic heterocycles. The van der Waals surface area contributed by atoms with Crippen molar-refractivity contribution in [3.05, 3.63) is 35.9 Å². The minimum Gasteiger partial charge on any atom is -0.469 e. The SMILES string of the molecule is NCCc1nnc(CCc2ccco2)o1. The van der Waals surface area contributed by atoms with Crippen LogP contribution in [-0.4, -0.2) is 16.7 Å². The fourth-order valence-electron chi connectivity index (χ4n) is 1.30. The molecule has 2 aromatic heterocycles. The number of nitrogens with two attached hydrogens (primary N) is 1. The first-order valence-corrected chi connectivity index (χ1v) is 4.92. The van der Waals surface area contributed by atoms with Crippen molar-refractivity contribution < 1.29 is 8.83 Å². The molecule has 5 nitrogen and oxygen atoms in total. The summed E-state index contributed by atoms with van der Waals surface area (Å²) in [5, 5.41) is 7.80. The number of rotatable bonds is 5. The minimum absolute atomic E-state index is 0.528. The van der Waals surface area contributed by atoms with Gasteiger partial charge in [0.25, 0.3) is 0 Å². The molecule has 0 aliphatic rings. The van der Waals surface area contributed by atoms with Crippen LogP contribution in [0.2, 0.25) is 0 Å². The first-order valence-electron chi connectivity index (χ1n) is 4.92. The van der Waals surface area contributed by atoms with E-state index < -0.39 is 0 Å². The van der Waals surface area contributed by atoms with Gasteiger partial charge in [-0.05, 0) is 12.1 Å². The number of furan rings is 1. The molecule has 2 aromatic rings. The van der Waals surface area contributed by atoms with Crippen LogP contribution < -0.4 is 5.73 Å². The maximum Gasteiger partial charge on any atom is 0.217 e. The quantitative estimate of drug-likeness (QED) is 0.789. The third kappa shape index (κ3) is 2.66. The monoisotopic (exact) mass is 207 g/mol. The highest BCUT2D eigenvalue weighted by molar-refractivity contribution is 4.99. The molecule has 0 spiro atoms. The zero-order valence-electron chi connectivity index (χ0n) is 8.35. The summed E-state index contributed by atoms with van der Waals surface area (Å²) in [7, 11) is 0. The molecular weight excluding hydrogens is 194 g/mol. The van der Waals surface area contributed by atoms with E-state index in [-0.39, 0.29) is 0 Å². The van der Waals surface area contributed by atoms with E-state index in [9.17, 15) is 0 Å². The van der Waals surface area contributed by atoms with E-state index in [1.807, 2.05) is 12.1 Å². The van der Waals surface area contributed by atoms with Crippen LogP contribution in [0.1, 0.15) is 17.5 Å². The molecule has 0 aliphatic carbocycles. The molecule has 0 fully saturated rings. The summed E-state index contributed by atoms with van der Waals surface area (Å²) in [6, 6.07) is 3.79.